The van der Waals surface area contributed by atoms with Crippen molar-refractivity contribution in [2.45, 2.75) is 33.6 Å². The van der Waals surface area contributed by atoms with Crippen LogP contribution in [0.1, 0.15) is 48.9 Å². The number of aryl methyl sites for hydroxylation is 3. The summed E-state index contributed by atoms with van der Waals surface area (Å²) in [6.45, 7) is 5.73. The topological polar surface area (TPSA) is 75.3 Å². The number of hydrogen-bond acceptors (Lipinski definition) is 4. The fourth-order valence-corrected chi connectivity index (χ4v) is 3.47. The van der Waals surface area contributed by atoms with Crippen LogP contribution in [0.5, 0.6) is 0 Å². The summed E-state index contributed by atoms with van der Waals surface area (Å²) in [5.74, 6) is -0.475. The van der Waals surface area contributed by atoms with Crippen LogP contribution < -0.4 is 10.6 Å². The first-order valence-corrected chi connectivity index (χ1v) is 8.86. The maximum atomic E-state index is 12.3. The average Bonchev–Trinajstić information content (AvgIpc) is 2.92. The van der Waals surface area contributed by atoms with E-state index in [1.54, 1.807) is 36.6 Å². The van der Waals surface area contributed by atoms with Gasteiger partial charge < -0.3 is 10.6 Å². The molecule has 132 valence electrons. The van der Waals surface area contributed by atoms with Crippen LogP contribution in [-0.2, 0) is 4.79 Å². The van der Waals surface area contributed by atoms with Crippen LogP contribution in [0.2, 0.25) is 0 Å². The Kier molecular flexibility index (Phi) is 6.09. The SMILES string of the molecule is CNC(=O)c1ccc(C)c(NC(=O)CCC(=O)c2cc(C)sc2C)c1. The molecule has 5 nitrogen and oxygen atoms in total. The molecule has 0 saturated heterocycles. The highest BCUT2D eigenvalue weighted by Gasteiger charge is 2.15. The second kappa shape index (κ2) is 8.07. The zero-order valence-corrected chi connectivity index (χ0v) is 15.7. The van der Waals surface area contributed by atoms with Gasteiger partial charge in [-0.3, -0.25) is 14.4 Å². The van der Waals surface area contributed by atoms with Crippen molar-refractivity contribution in [3.05, 3.63) is 50.7 Å². The maximum Gasteiger partial charge on any atom is 0.251 e. The summed E-state index contributed by atoms with van der Waals surface area (Å²) in [4.78, 5) is 38.2. The lowest BCUT2D eigenvalue weighted by atomic mass is 10.1. The first kappa shape index (κ1) is 18.9. The Labute approximate surface area is 151 Å². The first-order chi connectivity index (χ1) is 11.8. The standard InChI is InChI=1S/C19H22N2O3S/c1-11-5-6-14(19(24)20-4)10-16(11)21-18(23)8-7-17(22)15-9-12(2)25-13(15)3/h5-6,9-10H,7-8H2,1-4H3,(H,20,24)(H,21,23). The van der Waals surface area contributed by atoms with Gasteiger partial charge in [-0.25, -0.2) is 0 Å². The molecule has 0 bridgehead atoms. The normalized spacial score (nSPS) is 10.4. The van der Waals surface area contributed by atoms with E-state index in [0.29, 0.717) is 16.8 Å². The predicted octanol–water partition coefficient (Wildman–Crippen LogP) is 3.63. The number of nitrogens with one attached hydrogen (secondary N) is 2. The molecule has 1 aromatic carbocycles. The lowest BCUT2D eigenvalue weighted by molar-refractivity contribution is -0.116. The molecule has 0 fully saturated rings. The molecule has 0 unspecified atom stereocenters. The molecule has 2 N–H and O–H groups in total. The Morgan fingerprint density at radius 1 is 1.04 bits per heavy atom. The minimum atomic E-state index is -0.241. The van der Waals surface area contributed by atoms with Crippen molar-refractivity contribution in [2.24, 2.45) is 0 Å². The Hall–Kier alpha value is -2.47. The van der Waals surface area contributed by atoms with Crippen molar-refractivity contribution in [1.29, 1.82) is 0 Å². The van der Waals surface area contributed by atoms with Gasteiger partial charge in [0.1, 0.15) is 0 Å². The number of carbonyl (C=O) groups excluding carboxylic acids is 3. The minimum Gasteiger partial charge on any atom is -0.355 e. The van der Waals surface area contributed by atoms with Crippen LogP contribution in [0, 0.1) is 20.8 Å². The fraction of sp³-hybridized carbons (Fsp3) is 0.316. The highest BCUT2D eigenvalue weighted by Crippen LogP contribution is 2.22. The molecule has 2 amide bonds. The smallest absolute Gasteiger partial charge is 0.251 e. The number of carbonyl (C=O) groups is 3. The lowest BCUT2D eigenvalue weighted by Crippen LogP contribution is -2.19. The summed E-state index contributed by atoms with van der Waals surface area (Å²) in [6, 6.07) is 7.00. The third-order valence-electron chi connectivity index (χ3n) is 3.92. The number of rotatable bonds is 6. The molecule has 0 saturated carbocycles. The molecular weight excluding hydrogens is 336 g/mol. The monoisotopic (exact) mass is 358 g/mol. The lowest BCUT2D eigenvalue weighted by Gasteiger charge is -2.10. The molecule has 0 spiro atoms. The summed E-state index contributed by atoms with van der Waals surface area (Å²) in [5.41, 5.74) is 2.62. The largest absolute Gasteiger partial charge is 0.355 e. The molecule has 6 heteroatoms. The van der Waals surface area contributed by atoms with Gasteiger partial charge in [-0.05, 0) is 44.5 Å². The van der Waals surface area contributed by atoms with E-state index in [-0.39, 0.29) is 30.4 Å². The zero-order chi connectivity index (χ0) is 18.6. The Balaban J connectivity index is 1.99. The molecule has 1 heterocycles. The van der Waals surface area contributed by atoms with Crippen molar-refractivity contribution in [3.8, 4) is 0 Å². The van der Waals surface area contributed by atoms with E-state index in [2.05, 4.69) is 10.6 Å². The number of benzene rings is 1. The molecule has 1 aromatic heterocycles. The van der Waals surface area contributed by atoms with E-state index in [9.17, 15) is 14.4 Å². The van der Waals surface area contributed by atoms with Crippen LogP contribution >= 0.6 is 11.3 Å². The van der Waals surface area contributed by atoms with Crippen LogP contribution in [0.3, 0.4) is 0 Å². The van der Waals surface area contributed by atoms with Gasteiger partial charge in [0.25, 0.3) is 5.91 Å². The Morgan fingerprint density at radius 2 is 1.76 bits per heavy atom. The summed E-state index contributed by atoms with van der Waals surface area (Å²) in [5, 5.41) is 5.34. The molecule has 0 radical (unpaired) electrons. The molecule has 2 rings (SSSR count). The first-order valence-electron chi connectivity index (χ1n) is 8.04. The summed E-state index contributed by atoms with van der Waals surface area (Å²) in [6.07, 6.45) is 0.272. The number of amides is 2. The third-order valence-corrected chi connectivity index (χ3v) is 4.89. The summed E-state index contributed by atoms with van der Waals surface area (Å²) < 4.78 is 0. The van der Waals surface area contributed by atoms with Gasteiger partial charge >= 0.3 is 0 Å². The van der Waals surface area contributed by atoms with Crippen molar-refractivity contribution >= 4 is 34.6 Å². The molecule has 0 atom stereocenters. The van der Waals surface area contributed by atoms with E-state index in [1.807, 2.05) is 26.8 Å². The highest BCUT2D eigenvalue weighted by atomic mass is 32.1. The Morgan fingerprint density at radius 3 is 2.36 bits per heavy atom. The van der Waals surface area contributed by atoms with Gasteiger partial charge in [-0.15, -0.1) is 11.3 Å². The second-order valence-corrected chi connectivity index (χ2v) is 7.37. The van der Waals surface area contributed by atoms with Gasteiger partial charge in [-0.2, -0.15) is 0 Å². The summed E-state index contributed by atoms with van der Waals surface area (Å²) in [7, 11) is 1.56. The number of Topliss-reactive ketones (excluding diaryl/α,β-unsaturated/α-hetero) is 1. The minimum absolute atomic E-state index is 0.0205. The van der Waals surface area contributed by atoms with E-state index in [1.165, 1.54) is 0 Å². The van der Waals surface area contributed by atoms with Gasteiger partial charge in [0.2, 0.25) is 5.91 Å². The molecule has 0 aliphatic heterocycles. The Bertz CT molecular complexity index is 824. The molecular formula is C19H22N2O3S. The van der Waals surface area contributed by atoms with Crippen molar-refractivity contribution in [3.63, 3.8) is 0 Å². The molecule has 0 aliphatic rings. The summed E-state index contributed by atoms with van der Waals surface area (Å²) >= 11 is 1.58. The quantitative estimate of drug-likeness (QED) is 0.774. The second-order valence-electron chi connectivity index (χ2n) is 5.91. The highest BCUT2D eigenvalue weighted by molar-refractivity contribution is 7.12. The number of thiophene rings is 1. The number of hydrogen-bond donors (Lipinski definition) is 2. The van der Waals surface area contributed by atoms with Crippen LogP contribution in [-0.4, -0.2) is 24.6 Å². The molecule has 25 heavy (non-hydrogen) atoms. The van der Waals surface area contributed by atoms with Gasteiger partial charge in [0, 0.05) is 46.5 Å². The van der Waals surface area contributed by atoms with Crippen LogP contribution in [0.25, 0.3) is 0 Å². The van der Waals surface area contributed by atoms with Crippen molar-refractivity contribution < 1.29 is 14.4 Å². The zero-order valence-electron chi connectivity index (χ0n) is 14.9. The van der Waals surface area contributed by atoms with Gasteiger partial charge in [-0.1, -0.05) is 6.07 Å². The van der Waals surface area contributed by atoms with Crippen molar-refractivity contribution in [1.82, 2.24) is 5.32 Å². The maximum absolute atomic E-state index is 12.3. The van der Waals surface area contributed by atoms with Crippen LogP contribution in [0.4, 0.5) is 5.69 Å². The average molecular weight is 358 g/mol. The predicted molar refractivity (Wildman–Crippen MR) is 101 cm³/mol. The van der Waals surface area contributed by atoms with E-state index in [0.717, 1.165) is 15.3 Å². The number of ketones is 1. The molecule has 0 aliphatic carbocycles. The van der Waals surface area contributed by atoms with E-state index < -0.39 is 0 Å². The van der Waals surface area contributed by atoms with Gasteiger partial charge in [0.05, 0.1) is 0 Å². The van der Waals surface area contributed by atoms with Crippen molar-refractivity contribution in [2.75, 3.05) is 12.4 Å². The molecule has 2 aromatic rings. The van der Waals surface area contributed by atoms with Gasteiger partial charge in [0.15, 0.2) is 5.78 Å². The van der Waals surface area contributed by atoms with E-state index >= 15 is 0 Å². The fourth-order valence-electron chi connectivity index (χ4n) is 2.52. The van der Waals surface area contributed by atoms with E-state index in [4.69, 9.17) is 0 Å². The number of anilines is 1. The van der Waals surface area contributed by atoms with Crippen LogP contribution in [0.15, 0.2) is 24.3 Å². The third kappa shape index (κ3) is 4.76.